The fourth-order valence-corrected chi connectivity index (χ4v) is 3.87. The Kier molecular flexibility index (Phi) is 7.84. The number of benzene rings is 1. The van der Waals surface area contributed by atoms with Crippen LogP contribution in [0, 0.1) is 0 Å². The number of nitrogens with one attached hydrogen (secondary N) is 1. The van der Waals surface area contributed by atoms with Crippen molar-refractivity contribution in [1.82, 2.24) is 14.9 Å². The smallest absolute Gasteiger partial charge is 0.407 e. The molecule has 0 spiro atoms. The van der Waals surface area contributed by atoms with Crippen LogP contribution in [0.2, 0.25) is 0 Å². The van der Waals surface area contributed by atoms with E-state index in [1.807, 2.05) is 34.9 Å². The lowest BCUT2D eigenvalue weighted by molar-refractivity contribution is 0.0520. The Bertz CT molecular complexity index is 837. The van der Waals surface area contributed by atoms with Crippen LogP contribution in [0.15, 0.2) is 36.7 Å². The molecule has 0 bridgehead atoms. The number of carbonyl (C=O) groups is 2. The summed E-state index contributed by atoms with van der Waals surface area (Å²) in [6.07, 6.45) is 4.95. The molecule has 2 aromatic rings. The summed E-state index contributed by atoms with van der Waals surface area (Å²) in [7, 11) is 1.56. The van der Waals surface area contributed by atoms with Gasteiger partial charge in [-0.25, -0.2) is 14.6 Å². The van der Waals surface area contributed by atoms with Crippen molar-refractivity contribution in [1.29, 1.82) is 0 Å². The van der Waals surface area contributed by atoms with E-state index in [1.165, 1.54) is 0 Å². The van der Waals surface area contributed by atoms with E-state index in [9.17, 15) is 9.59 Å². The van der Waals surface area contributed by atoms with Crippen LogP contribution in [-0.2, 0) is 14.2 Å². The van der Waals surface area contributed by atoms with E-state index in [1.54, 1.807) is 20.4 Å². The fourth-order valence-electron chi connectivity index (χ4n) is 3.87. The maximum Gasteiger partial charge on any atom is 0.407 e. The van der Waals surface area contributed by atoms with Gasteiger partial charge in [-0.15, -0.1) is 0 Å². The van der Waals surface area contributed by atoms with Crippen LogP contribution in [0.25, 0.3) is 11.3 Å². The summed E-state index contributed by atoms with van der Waals surface area (Å²) in [5.41, 5.74) is 1.88. The molecule has 162 valence electrons. The van der Waals surface area contributed by atoms with Gasteiger partial charge in [0.25, 0.3) is 0 Å². The third-order valence-corrected chi connectivity index (χ3v) is 5.22. The zero-order valence-corrected chi connectivity index (χ0v) is 17.5. The highest BCUT2D eigenvalue weighted by Crippen LogP contribution is 2.34. The normalized spacial score (nSPS) is 18.6. The van der Waals surface area contributed by atoms with Crippen molar-refractivity contribution in [3.8, 4) is 11.3 Å². The van der Waals surface area contributed by atoms with E-state index >= 15 is 0 Å². The van der Waals surface area contributed by atoms with Crippen molar-refractivity contribution in [3.63, 3.8) is 0 Å². The number of ether oxygens (including phenoxy) is 3. The molecule has 1 heterocycles. The second-order valence-electron chi connectivity index (χ2n) is 7.17. The van der Waals surface area contributed by atoms with Crippen molar-refractivity contribution in [2.45, 2.75) is 44.7 Å². The summed E-state index contributed by atoms with van der Waals surface area (Å²) in [5.74, 6) is -0.450. The quantitative estimate of drug-likeness (QED) is 0.523. The number of amides is 1. The minimum atomic E-state index is -0.462. The number of aromatic nitrogens is 2. The van der Waals surface area contributed by atoms with Crippen molar-refractivity contribution in [2.75, 3.05) is 26.9 Å². The van der Waals surface area contributed by atoms with Crippen LogP contribution in [-0.4, -0.2) is 54.6 Å². The predicted octanol–water partition coefficient (Wildman–Crippen LogP) is 3.58. The number of hydrogen-bond donors (Lipinski definition) is 1. The summed E-state index contributed by atoms with van der Waals surface area (Å²) in [6, 6.07) is 9.49. The third kappa shape index (κ3) is 5.18. The van der Waals surface area contributed by atoms with Gasteiger partial charge in [0.05, 0.1) is 37.3 Å². The molecule has 1 aromatic carbocycles. The second kappa shape index (κ2) is 10.8. The zero-order valence-electron chi connectivity index (χ0n) is 17.5. The minimum Gasteiger partial charge on any atom is -0.461 e. The molecule has 1 aliphatic rings. The van der Waals surface area contributed by atoms with E-state index < -0.39 is 12.1 Å². The molecule has 1 aliphatic carbocycles. The van der Waals surface area contributed by atoms with Gasteiger partial charge in [-0.3, -0.25) is 0 Å². The van der Waals surface area contributed by atoms with Crippen molar-refractivity contribution in [2.24, 2.45) is 0 Å². The van der Waals surface area contributed by atoms with Crippen LogP contribution in [0.1, 0.15) is 49.1 Å². The lowest BCUT2D eigenvalue weighted by Gasteiger charge is -2.34. The number of carbonyl (C=O) groups excluding carboxylic acids is 2. The van der Waals surface area contributed by atoms with E-state index in [4.69, 9.17) is 14.2 Å². The van der Waals surface area contributed by atoms with Crippen LogP contribution < -0.4 is 5.32 Å². The topological polar surface area (TPSA) is 91.7 Å². The third-order valence-electron chi connectivity index (χ3n) is 5.22. The number of imidazole rings is 1. The van der Waals surface area contributed by atoms with Crippen LogP contribution >= 0.6 is 0 Å². The highest BCUT2D eigenvalue weighted by molar-refractivity contribution is 5.94. The van der Waals surface area contributed by atoms with Crippen LogP contribution in [0.5, 0.6) is 0 Å². The highest BCUT2D eigenvalue weighted by atomic mass is 16.6. The van der Waals surface area contributed by atoms with Gasteiger partial charge in [0.1, 0.15) is 6.61 Å². The van der Waals surface area contributed by atoms with Crippen LogP contribution in [0.3, 0.4) is 0 Å². The maximum absolute atomic E-state index is 12.5. The molecule has 1 aromatic heterocycles. The summed E-state index contributed by atoms with van der Waals surface area (Å²) < 4.78 is 17.3. The molecule has 8 nitrogen and oxygen atoms in total. The summed E-state index contributed by atoms with van der Waals surface area (Å²) >= 11 is 0. The average Bonchev–Trinajstić information content (AvgIpc) is 3.20. The number of methoxy groups -OCH3 is 1. The molecule has 0 unspecified atom stereocenters. The Morgan fingerprint density at radius 1 is 1.13 bits per heavy atom. The lowest BCUT2D eigenvalue weighted by atomic mass is 9.89. The molecule has 3 rings (SSSR count). The average molecular weight is 415 g/mol. The van der Waals surface area contributed by atoms with E-state index in [0.29, 0.717) is 12.3 Å². The van der Waals surface area contributed by atoms with E-state index in [-0.39, 0.29) is 31.0 Å². The molecule has 30 heavy (non-hydrogen) atoms. The maximum atomic E-state index is 12.5. The number of hydrogen-bond acceptors (Lipinski definition) is 6. The lowest BCUT2D eigenvalue weighted by Crippen LogP contribution is -2.43. The Morgan fingerprint density at radius 2 is 1.90 bits per heavy atom. The number of nitrogens with zero attached hydrogens (tertiary/aromatic N) is 2. The van der Waals surface area contributed by atoms with Gasteiger partial charge < -0.3 is 24.1 Å². The Hall–Kier alpha value is -2.87. The molecule has 1 N–H and O–H groups in total. The van der Waals surface area contributed by atoms with Gasteiger partial charge in [0, 0.05) is 12.7 Å². The first kappa shape index (κ1) is 21.8. The molecule has 2 atom stereocenters. The number of esters is 1. The fraction of sp³-hybridized carbons (Fsp3) is 0.500. The second-order valence-corrected chi connectivity index (χ2v) is 7.17. The van der Waals surface area contributed by atoms with Gasteiger partial charge >= 0.3 is 12.1 Å². The van der Waals surface area contributed by atoms with Gasteiger partial charge in [-0.2, -0.15) is 0 Å². The Balaban J connectivity index is 1.90. The molecule has 8 heteroatoms. The van der Waals surface area contributed by atoms with Crippen molar-refractivity contribution < 1.29 is 23.8 Å². The zero-order chi connectivity index (χ0) is 21.3. The first-order valence-corrected chi connectivity index (χ1v) is 10.4. The van der Waals surface area contributed by atoms with Gasteiger partial charge in [-0.05, 0) is 19.8 Å². The highest BCUT2D eigenvalue weighted by Gasteiger charge is 2.32. The molecule has 0 aliphatic heterocycles. The Morgan fingerprint density at radius 3 is 2.63 bits per heavy atom. The van der Waals surface area contributed by atoms with Gasteiger partial charge in [0.2, 0.25) is 0 Å². The molecular weight excluding hydrogens is 386 g/mol. The summed E-state index contributed by atoms with van der Waals surface area (Å²) in [4.78, 5) is 29.2. The van der Waals surface area contributed by atoms with Gasteiger partial charge in [0.15, 0.2) is 5.69 Å². The first-order chi connectivity index (χ1) is 14.7. The van der Waals surface area contributed by atoms with Crippen molar-refractivity contribution in [3.05, 3.63) is 42.4 Å². The predicted molar refractivity (Wildman–Crippen MR) is 111 cm³/mol. The number of alkyl carbamates (subject to hydrolysis) is 1. The minimum absolute atomic E-state index is 0.0420. The summed E-state index contributed by atoms with van der Waals surface area (Å²) in [5, 5.41) is 2.99. The largest absolute Gasteiger partial charge is 0.461 e. The van der Waals surface area contributed by atoms with Crippen molar-refractivity contribution >= 4 is 12.1 Å². The molecule has 0 saturated heterocycles. The monoisotopic (exact) mass is 415 g/mol. The van der Waals surface area contributed by atoms with Crippen LogP contribution in [0.4, 0.5) is 4.79 Å². The Labute approximate surface area is 176 Å². The number of rotatable bonds is 8. The van der Waals surface area contributed by atoms with Gasteiger partial charge in [-0.1, -0.05) is 43.2 Å². The van der Waals surface area contributed by atoms with E-state index in [2.05, 4.69) is 10.3 Å². The summed E-state index contributed by atoms with van der Waals surface area (Å²) in [6.45, 7) is 2.60. The first-order valence-electron chi connectivity index (χ1n) is 10.4. The molecule has 1 amide bonds. The molecule has 1 fully saturated rings. The molecule has 1 saturated carbocycles. The van der Waals surface area contributed by atoms with E-state index in [0.717, 1.165) is 31.2 Å². The molecular formula is C22H29N3O5. The molecule has 0 radical (unpaired) electrons. The SMILES string of the molecule is CCOC(=O)c1ncn([C@H]2CCCC[C@@H]2NC(=O)OCCOC)c1-c1ccccc1. The standard InChI is InChI=1S/C22H29N3O5/c1-3-29-21(26)19-20(16-9-5-4-6-10-16)25(15-23-19)18-12-8-7-11-17(18)24-22(27)30-14-13-28-2/h4-6,9-10,15,17-18H,3,7-8,11-14H2,1-2H3,(H,24,27)/t17-,18-/m0/s1.